The first-order valence-electron chi connectivity index (χ1n) is 28.1. The van der Waals surface area contributed by atoms with Crippen LogP contribution in [0.2, 0.25) is 0 Å². The van der Waals surface area contributed by atoms with Crippen LogP contribution in [-0.4, -0.2) is 68.5 Å². The van der Waals surface area contributed by atoms with E-state index in [2.05, 4.69) is 20.8 Å². The maximum absolute atomic E-state index is 15.3. The summed E-state index contributed by atoms with van der Waals surface area (Å²) in [6.45, 7) is 13.1. The molecule has 1 radical (unpaired) electrons. The molecule has 0 bridgehead atoms. The number of esters is 3. The van der Waals surface area contributed by atoms with E-state index in [1.807, 2.05) is 13.8 Å². The van der Waals surface area contributed by atoms with Gasteiger partial charge < -0.3 is 29.5 Å². The summed E-state index contributed by atoms with van der Waals surface area (Å²) in [6.07, 6.45) is 19.6. The Morgan fingerprint density at radius 2 is 0.743 bits per heavy atom. The van der Waals surface area contributed by atoms with E-state index in [0.29, 0.717) is 57.8 Å². The monoisotopic (exact) mass is 996 g/mol. The van der Waals surface area contributed by atoms with Gasteiger partial charge in [0.25, 0.3) is 0 Å². The topological polar surface area (TPSA) is 228 Å². The first-order valence-corrected chi connectivity index (χ1v) is 28.1. The molecule has 0 heterocycles. The summed E-state index contributed by atoms with van der Waals surface area (Å²) >= 11 is 0. The second-order valence-corrected chi connectivity index (χ2v) is 19.9. The van der Waals surface area contributed by atoms with Gasteiger partial charge in [0, 0.05) is 12.8 Å². The van der Waals surface area contributed by atoms with Crippen molar-refractivity contribution in [1.82, 2.24) is 0 Å². The van der Waals surface area contributed by atoms with Gasteiger partial charge in [-0.2, -0.15) is 0 Å². The lowest BCUT2D eigenvalue weighted by molar-refractivity contribution is -0.314. The summed E-state index contributed by atoms with van der Waals surface area (Å²) in [5.74, 6) is -21.2. The molecule has 14 nitrogen and oxygen atoms in total. The predicted octanol–water partition coefficient (Wildman–Crippen LogP) is 14.1. The molecule has 0 aliphatic heterocycles. The molecule has 0 spiro atoms. The van der Waals surface area contributed by atoms with Crippen molar-refractivity contribution in [2.75, 3.05) is 0 Å². The third kappa shape index (κ3) is 24.1. The van der Waals surface area contributed by atoms with Crippen molar-refractivity contribution in [2.24, 2.45) is 29.6 Å². The van der Waals surface area contributed by atoms with E-state index >= 15 is 9.59 Å². The van der Waals surface area contributed by atoms with E-state index in [4.69, 9.17) is 14.2 Å². The van der Waals surface area contributed by atoms with Crippen LogP contribution in [0.5, 0.6) is 0 Å². The Morgan fingerprint density at radius 3 is 1.10 bits per heavy atom. The number of carboxylic acid groups (broad SMARTS) is 3. The molecule has 0 aromatic carbocycles. The number of hydrogen-bond acceptors (Lipinski definition) is 10. The van der Waals surface area contributed by atoms with Crippen molar-refractivity contribution >= 4 is 41.8 Å². The van der Waals surface area contributed by atoms with Gasteiger partial charge in [0.05, 0.1) is 23.7 Å². The minimum Gasteiger partial charge on any atom is -0.481 e. The minimum atomic E-state index is -3.50. The number of carbonyl (C=O) groups is 7. The van der Waals surface area contributed by atoms with Crippen LogP contribution in [0.3, 0.4) is 0 Å². The first-order chi connectivity index (χ1) is 33.5. The molecule has 0 aromatic rings. The van der Waals surface area contributed by atoms with Gasteiger partial charge in [-0.25, -0.2) is 9.90 Å². The smallest absolute Gasteiger partial charge is 0.407 e. The standard InChI is InChI=1S/C56H99O14/c1-8-15-20-24-27-28-32-35-40-46(44(50(60)61)38-19-12-5)53(65)70-55(42-37-33-29-25-21-16-9-2,69-52(64)45(43(13-6)49(58)59)39-34-31-26-22-17-10-3)56(54(66)67,47(14-7)51(62)63)68-48(57)41-36-30-23-18-11-4/h43-47H,8-42H2,1-7H3,(H,58,59)(H,60,61)(H,62,63). The highest BCUT2D eigenvalue weighted by Gasteiger charge is 2.73. The van der Waals surface area contributed by atoms with Crippen molar-refractivity contribution in [3.63, 3.8) is 0 Å². The van der Waals surface area contributed by atoms with Crippen LogP contribution in [-0.2, 0) is 52.9 Å². The second-order valence-electron chi connectivity index (χ2n) is 19.9. The van der Waals surface area contributed by atoms with Crippen LogP contribution in [0.15, 0.2) is 0 Å². The van der Waals surface area contributed by atoms with Gasteiger partial charge in [-0.1, -0.05) is 215 Å². The molecule has 0 aliphatic rings. The number of rotatable bonds is 48. The Morgan fingerprint density at radius 1 is 0.386 bits per heavy atom. The van der Waals surface area contributed by atoms with Gasteiger partial charge in [0.15, 0.2) is 0 Å². The lowest BCUT2D eigenvalue weighted by Gasteiger charge is -2.47. The van der Waals surface area contributed by atoms with E-state index in [1.54, 1.807) is 6.92 Å². The van der Waals surface area contributed by atoms with Gasteiger partial charge in [-0.3, -0.25) is 28.8 Å². The molecule has 70 heavy (non-hydrogen) atoms. The van der Waals surface area contributed by atoms with Crippen LogP contribution in [0, 0.1) is 29.6 Å². The summed E-state index contributed by atoms with van der Waals surface area (Å²) in [6, 6.07) is 0. The zero-order valence-corrected chi connectivity index (χ0v) is 45.0. The van der Waals surface area contributed by atoms with Crippen molar-refractivity contribution in [3.05, 3.63) is 0 Å². The Kier molecular flexibility index (Phi) is 37.7. The average Bonchev–Trinajstić information content (AvgIpc) is 3.31. The molecular weight excluding hydrogens is 897 g/mol. The summed E-state index contributed by atoms with van der Waals surface area (Å²) in [5, 5.41) is 46.5. The van der Waals surface area contributed by atoms with Gasteiger partial charge in [-0.15, -0.1) is 0 Å². The largest absolute Gasteiger partial charge is 0.481 e. The van der Waals surface area contributed by atoms with E-state index in [-0.39, 0.29) is 44.9 Å². The quantitative estimate of drug-likeness (QED) is 0.0293. The Labute approximate surface area is 422 Å². The Hall–Kier alpha value is -3.71. The van der Waals surface area contributed by atoms with Crippen molar-refractivity contribution in [2.45, 2.75) is 285 Å². The Bertz CT molecular complexity index is 1470. The molecular formula is C56H99O14. The first kappa shape index (κ1) is 66.3. The third-order valence-corrected chi connectivity index (χ3v) is 14.2. The van der Waals surface area contributed by atoms with E-state index < -0.39 is 95.6 Å². The number of ether oxygens (including phenoxy) is 3. The van der Waals surface area contributed by atoms with Crippen molar-refractivity contribution in [3.8, 4) is 0 Å². The maximum atomic E-state index is 15.3. The second kappa shape index (κ2) is 39.9. The number of carboxylic acids is 3. The van der Waals surface area contributed by atoms with Crippen LogP contribution in [0.4, 0.5) is 0 Å². The molecule has 7 atom stereocenters. The highest BCUT2D eigenvalue weighted by molar-refractivity contribution is 5.91. The molecule has 14 heteroatoms. The van der Waals surface area contributed by atoms with Gasteiger partial charge in [0.1, 0.15) is 5.92 Å². The molecule has 0 aromatic heterocycles. The number of unbranched alkanes of at least 4 members (excludes halogenated alkanes) is 23. The fourth-order valence-corrected chi connectivity index (χ4v) is 9.91. The highest BCUT2D eigenvalue weighted by Crippen LogP contribution is 2.47. The zero-order chi connectivity index (χ0) is 52.8. The summed E-state index contributed by atoms with van der Waals surface area (Å²) in [5.41, 5.74) is -3.50. The van der Waals surface area contributed by atoms with E-state index in [0.717, 1.165) is 109 Å². The van der Waals surface area contributed by atoms with Gasteiger partial charge in [-0.05, 0) is 44.9 Å². The molecule has 0 amide bonds. The third-order valence-electron chi connectivity index (χ3n) is 14.2. The minimum absolute atomic E-state index is 0.00238. The fraction of sp³-hybridized carbons (Fsp3) is 0.875. The molecule has 0 saturated heterocycles. The fourth-order valence-electron chi connectivity index (χ4n) is 9.91. The van der Waals surface area contributed by atoms with E-state index in [1.165, 1.54) is 6.92 Å². The van der Waals surface area contributed by atoms with Gasteiger partial charge in [0.2, 0.25) is 0 Å². The zero-order valence-electron chi connectivity index (χ0n) is 45.0. The molecule has 0 saturated carbocycles. The summed E-state index contributed by atoms with van der Waals surface area (Å²) in [7, 11) is 0. The highest BCUT2D eigenvalue weighted by atomic mass is 16.8. The van der Waals surface area contributed by atoms with Crippen LogP contribution in [0.25, 0.3) is 0 Å². The predicted molar refractivity (Wildman–Crippen MR) is 271 cm³/mol. The maximum Gasteiger partial charge on any atom is 0.407 e. The van der Waals surface area contributed by atoms with Gasteiger partial charge >= 0.3 is 53.2 Å². The number of aliphatic carboxylic acids is 3. The number of hydrogen-bond donors (Lipinski definition) is 3. The van der Waals surface area contributed by atoms with Crippen LogP contribution >= 0.6 is 0 Å². The average molecular weight is 996 g/mol. The molecule has 0 rings (SSSR count). The SMILES string of the molecule is CCCCCCCCCCC(C(=O)OC(CCCCCCCCC)(OC(=O)C(CCCCCCCC)C(CC)C(=O)O)C(OC(=O)CCCCCCC)(C([O])=O)C(CC)C(=O)O)C(CCCC)C(=O)O. The molecule has 3 N–H and O–H groups in total. The Balaban J connectivity index is 8.39. The van der Waals surface area contributed by atoms with Crippen molar-refractivity contribution in [1.29, 1.82) is 0 Å². The summed E-state index contributed by atoms with van der Waals surface area (Å²) < 4.78 is 18.8. The molecule has 0 fully saturated rings. The van der Waals surface area contributed by atoms with Crippen LogP contribution in [0.1, 0.15) is 273 Å². The van der Waals surface area contributed by atoms with E-state index in [9.17, 15) is 44.4 Å². The lowest BCUT2D eigenvalue weighted by atomic mass is 9.75. The molecule has 407 valence electrons. The number of carbonyl (C=O) groups excluding carboxylic acids is 4. The van der Waals surface area contributed by atoms with Crippen molar-refractivity contribution < 1.29 is 68.2 Å². The molecule has 0 aliphatic carbocycles. The van der Waals surface area contributed by atoms with Crippen LogP contribution < -0.4 is 0 Å². The lowest BCUT2D eigenvalue weighted by Crippen LogP contribution is -2.70. The summed E-state index contributed by atoms with van der Waals surface area (Å²) in [4.78, 5) is 98.5. The molecule has 7 unspecified atom stereocenters. The normalized spacial score (nSPS) is 15.4.